The third-order valence-electron chi connectivity index (χ3n) is 2.06. The Labute approximate surface area is 75.7 Å². The highest BCUT2D eigenvalue weighted by molar-refractivity contribution is 5.81. The number of rotatable bonds is 7. The molecule has 0 aliphatic carbocycles. The van der Waals surface area contributed by atoms with Gasteiger partial charge < -0.3 is 5.21 Å². The van der Waals surface area contributed by atoms with Crippen molar-refractivity contribution in [3.05, 3.63) is 0 Å². The van der Waals surface area contributed by atoms with E-state index in [2.05, 4.69) is 12.1 Å². The molecule has 0 aromatic rings. The van der Waals surface area contributed by atoms with Crippen molar-refractivity contribution in [2.24, 2.45) is 5.16 Å². The lowest BCUT2D eigenvalue weighted by Crippen LogP contribution is -1.90. The second kappa shape index (κ2) is 8.57. The van der Waals surface area contributed by atoms with Crippen LogP contribution in [0.25, 0.3) is 0 Å². The van der Waals surface area contributed by atoms with Crippen LogP contribution in [0.5, 0.6) is 0 Å². The molecule has 0 spiro atoms. The van der Waals surface area contributed by atoms with Crippen LogP contribution < -0.4 is 0 Å². The first-order valence-corrected chi connectivity index (χ1v) is 4.98. The number of unbranched alkanes of at least 4 members (excludes halogenated alkanes) is 5. The van der Waals surface area contributed by atoms with E-state index in [9.17, 15) is 0 Å². The van der Waals surface area contributed by atoms with Gasteiger partial charge in [0.2, 0.25) is 0 Å². The molecule has 12 heavy (non-hydrogen) atoms. The van der Waals surface area contributed by atoms with Crippen molar-refractivity contribution in [1.29, 1.82) is 0 Å². The van der Waals surface area contributed by atoms with E-state index in [0.717, 1.165) is 12.1 Å². The van der Waals surface area contributed by atoms with Gasteiger partial charge in [0.15, 0.2) is 0 Å². The summed E-state index contributed by atoms with van der Waals surface area (Å²) in [6.45, 7) is 4.09. The lowest BCUT2D eigenvalue weighted by atomic mass is 10.1. The first-order valence-electron chi connectivity index (χ1n) is 4.98. The molecule has 1 N–H and O–H groups in total. The summed E-state index contributed by atoms with van der Waals surface area (Å²) in [7, 11) is 0. The van der Waals surface area contributed by atoms with Crippen molar-refractivity contribution in [3.63, 3.8) is 0 Å². The van der Waals surface area contributed by atoms with E-state index in [1.807, 2.05) is 6.92 Å². The minimum Gasteiger partial charge on any atom is -0.411 e. The minimum absolute atomic E-state index is 0.852. The largest absolute Gasteiger partial charge is 0.411 e. The van der Waals surface area contributed by atoms with Gasteiger partial charge in [0.1, 0.15) is 0 Å². The van der Waals surface area contributed by atoms with Crippen molar-refractivity contribution in [1.82, 2.24) is 0 Å². The molecule has 0 fully saturated rings. The van der Waals surface area contributed by atoms with Crippen LogP contribution in [0.1, 0.15) is 58.8 Å². The first-order chi connectivity index (χ1) is 5.81. The third kappa shape index (κ3) is 7.58. The molecular weight excluding hydrogens is 150 g/mol. The molecule has 0 aromatic heterocycles. The van der Waals surface area contributed by atoms with E-state index in [1.54, 1.807) is 0 Å². The zero-order valence-electron chi connectivity index (χ0n) is 8.34. The van der Waals surface area contributed by atoms with Gasteiger partial charge in [-0.15, -0.1) is 0 Å². The van der Waals surface area contributed by atoms with Gasteiger partial charge in [0.05, 0.1) is 5.71 Å². The highest BCUT2D eigenvalue weighted by atomic mass is 16.4. The monoisotopic (exact) mass is 171 g/mol. The fraction of sp³-hybridized carbons (Fsp3) is 0.900. The molecule has 2 heteroatoms. The summed E-state index contributed by atoms with van der Waals surface area (Å²) in [5.41, 5.74) is 0.852. The van der Waals surface area contributed by atoms with Gasteiger partial charge in [0, 0.05) is 0 Å². The van der Waals surface area contributed by atoms with Crippen molar-refractivity contribution in [2.75, 3.05) is 0 Å². The van der Waals surface area contributed by atoms with Crippen LogP contribution in [0.4, 0.5) is 0 Å². The fourth-order valence-electron chi connectivity index (χ4n) is 1.21. The summed E-state index contributed by atoms with van der Waals surface area (Å²) < 4.78 is 0. The van der Waals surface area contributed by atoms with Crippen LogP contribution in [0.3, 0.4) is 0 Å². The molecule has 72 valence electrons. The number of oxime groups is 1. The van der Waals surface area contributed by atoms with Crippen LogP contribution in [0.2, 0.25) is 0 Å². The standard InChI is InChI=1S/C10H21NO/c1-3-4-5-6-7-8-9-10(2)11-12/h12H,3-9H2,1-2H3/b11-10+. The van der Waals surface area contributed by atoms with Gasteiger partial charge in [0.25, 0.3) is 0 Å². The fourth-order valence-corrected chi connectivity index (χ4v) is 1.21. The zero-order chi connectivity index (χ0) is 9.23. The maximum absolute atomic E-state index is 8.36. The molecule has 2 nitrogen and oxygen atoms in total. The Morgan fingerprint density at radius 1 is 1.08 bits per heavy atom. The van der Waals surface area contributed by atoms with Crippen molar-refractivity contribution in [2.45, 2.75) is 58.8 Å². The average Bonchev–Trinajstić information content (AvgIpc) is 2.10. The molecule has 0 radical (unpaired) electrons. The molecule has 0 aromatic carbocycles. The van der Waals surface area contributed by atoms with Gasteiger partial charge in [-0.2, -0.15) is 0 Å². The zero-order valence-corrected chi connectivity index (χ0v) is 8.34. The second-order valence-electron chi connectivity index (χ2n) is 3.35. The minimum atomic E-state index is 0.852. The highest BCUT2D eigenvalue weighted by Gasteiger charge is 1.92. The molecular formula is C10H21NO. The van der Waals surface area contributed by atoms with Crippen molar-refractivity contribution < 1.29 is 5.21 Å². The van der Waals surface area contributed by atoms with Crippen LogP contribution in [-0.4, -0.2) is 10.9 Å². The highest BCUT2D eigenvalue weighted by Crippen LogP contribution is 2.07. The van der Waals surface area contributed by atoms with Gasteiger partial charge in [-0.05, 0) is 19.8 Å². The van der Waals surface area contributed by atoms with E-state index in [4.69, 9.17) is 5.21 Å². The lowest BCUT2D eigenvalue weighted by Gasteiger charge is -1.99. The quantitative estimate of drug-likeness (QED) is 0.270. The molecule has 0 unspecified atom stereocenters. The summed E-state index contributed by atoms with van der Waals surface area (Å²) in [5, 5.41) is 11.5. The molecule has 0 aliphatic heterocycles. The van der Waals surface area contributed by atoms with Crippen LogP contribution in [-0.2, 0) is 0 Å². The summed E-state index contributed by atoms with van der Waals surface area (Å²) >= 11 is 0. The Kier molecular flexibility index (Phi) is 8.19. The molecule has 0 heterocycles. The Hall–Kier alpha value is -0.530. The molecule has 0 aliphatic rings. The van der Waals surface area contributed by atoms with Crippen molar-refractivity contribution >= 4 is 5.71 Å². The van der Waals surface area contributed by atoms with Gasteiger partial charge in [-0.3, -0.25) is 0 Å². The van der Waals surface area contributed by atoms with E-state index in [-0.39, 0.29) is 0 Å². The number of hydrogen-bond donors (Lipinski definition) is 1. The Morgan fingerprint density at radius 3 is 2.25 bits per heavy atom. The molecule has 0 amide bonds. The van der Waals surface area contributed by atoms with E-state index in [1.165, 1.54) is 38.5 Å². The summed E-state index contributed by atoms with van der Waals surface area (Å²) in [4.78, 5) is 0. The predicted octanol–water partition coefficient (Wildman–Crippen LogP) is 3.59. The van der Waals surface area contributed by atoms with Gasteiger partial charge in [-0.25, -0.2) is 0 Å². The van der Waals surface area contributed by atoms with Gasteiger partial charge in [-0.1, -0.05) is 44.2 Å². The number of hydrogen-bond acceptors (Lipinski definition) is 2. The predicted molar refractivity (Wildman–Crippen MR) is 52.9 cm³/mol. The van der Waals surface area contributed by atoms with Crippen LogP contribution in [0, 0.1) is 0 Å². The SMILES string of the molecule is CCCCCCCC/C(C)=N/O. The van der Waals surface area contributed by atoms with Crippen LogP contribution >= 0.6 is 0 Å². The molecule has 0 bridgehead atoms. The van der Waals surface area contributed by atoms with E-state index in [0.29, 0.717) is 0 Å². The smallest absolute Gasteiger partial charge is 0.0540 e. The summed E-state index contributed by atoms with van der Waals surface area (Å²) in [6.07, 6.45) is 8.72. The lowest BCUT2D eigenvalue weighted by molar-refractivity contribution is 0.317. The first kappa shape index (κ1) is 11.5. The third-order valence-corrected chi connectivity index (χ3v) is 2.06. The molecule has 0 saturated carbocycles. The normalized spacial score (nSPS) is 12.0. The average molecular weight is 171 g/mol. The Balaban J connectivity index is 3.00. The Bertz CT molecular complexity index is 121. The number of nitrogens with zero attached hydrogens (tertiary/aromatic N) is 1. The van der Waals surface area contributed by atoms with E-state index >= 15 is 0 Å². The van der Waals surface area contributed by atoms with Crippen LogP contribution in [0.15, 0.2) is 5.16 Å². The van der Waals surface area contributed by atoms with Gasteiger partial charge >= 0.3 is 0 Å². The second-order valence-corrected chi connectivity index (χ2v) is 3.35. The molecule has 0 saturated heterocycles. The Morgan fingerprint density at radius 2 is 1.67 bits per heavy atom. The maximum Gasteiger partial charge on any atom is 0.0540 e. The topological polar surface area (TPSA) is 32.6 Å². The molecule has 0 rings (SSSR count). The maximum atomic E-state index is 8.36. The van der Waals surface area contributed by atoms with E-state index < -0.39 is 0 Å². The van der Waals surface area contributed by atoms with Crippen molar-refractivity contribution in [3.8, 4) is 0 Å². The summed E-state index contributed by atoms with van der Waals surface area (Å²) in [5.74, 6) is 0. The summed E-state index contributed by atoms with van der Waals surface area (Å²) in [6, 6.07) is 0. The molecule has 0 atom stereocenters.